The molecule has 1 amide bonds. The molecule has 0 spiro atoms. The fourth-order valence-corrected chi connectivity index (χ4v) is 2.93. The molecule has 1 fully saturated rings. The summed E-state index contributed by atoms with van der Waals surface area (Å²) in [5.41, 5.74) is 6.45. The first kappa shape index (κ1) is 14.7. The molecule has 0 unspecified atom stereocenters. The molecule has 0 bridgehead atoms. The summed E-state index contributed by atoms with van der Waals surface area (Å²) in [5, 5.41) is 7.16. The zero-order valence-electron chi connectivity index (χ0n) is 12.5. The maximum absolute atomic E-state index is 12.4. The highest BCUT2D eigenvalue weighted by Gasteiger charge is 2.35. The van der Waals surface area contributed by atoms with Crippen molar-refractivity contribution in [2.24, 2.45) is 5.73 Å². The Morgan fingerprint density at radius 1 is 1.27 bits per heavy atom. The van der Waals surface area contributed by atoms with Gasteiger partial charge in [-0.3, -0.25) is 4.79 Å². The van der Waals surface area contributed by atoms with Gasteiger partial charge in [0.05, 0.1) is 5.54 Å². The van der Waals surface area contributed by atoms with Crippen LogP contribution in [0.2, 0.25) is 0 Å². The van der Waals surface area contributed by atoms with Gasteiger partial charge in [-0.05, 0) is 25.0 Å². The van der Waals surface area contributed by atoms with Crippen molar-refractivity contribution in [1.82, 2.24) is 20.1 Å². The Balaban J connectivity index is 1.70. The molecule has 0 saturated heterocycles. The van der Waals surface area contributed by atoms with Gasteiger partial charge in [-0.2, -0.15) is 5.10 Å². The van der Waals surface area contributed by atoms with E-state index in [1.807, 2.05) is 24.4 Å². The zero-order chi connectivity index (χ0) is 15.4. The van der Waals surface area contributed by atoms with Crippen LogP contribution in [0.3, 0.4) is 0 Å². The molecule has 6 heteroatoms. The number of nitrogens with two attached hydrogens (primary N) is 1. The second-order valence-electron chi connectivity index (χ2n) is 5.84. The second-order valence-corrected chi connectivity index (χ2v) is 5.84. The summed E-state index contributed by atoms with van der Waals surface area (Å²) in [6.07, 6.45) is 9.99. The summed E-state index contributed by atoms with van der Waals surface area (Å²) >= 11 is 0. The van der Waals surface area contributed by atoms with Gasteiger partial charge < -0.3 is 11.1 Å². The van der Waals surface area contributed by atoms with Gasteiger partial charge in [0.2, 0.25) is 5.91 Å². The summed E-state index contributed by atoms with van der Waals surface area (Å²) in [5.74, 6) is 0.657. The first-order valence-corrected chi connectivity index (χ1v) is 7.70. The van der Waals surface area contributed by atoms with Crippen molar-refractivity contribution in [3.8, 4) is 5.82 Å². The molecule has 6 nitrogen and oxygen atoms in total. The second kappa shape index (κ2) is 6.27. The van der Waals surface area contributed by atoms with E-state index in [4.69, 9.17) is 5.73 Å². The largest absolute Gasteiger partial charge is 0.350 e. The smallest absolute Gasteiger partial charge is 0.240 e. The Bertz CT molecular complexity index is 632. The molecule has 1 aliphatic rings. The highest BCUT2D eigenvalue weighted by Crippen LogP contribution is 2.26. The lowest BCUT2D eigenvalue weighted by atomic mass is 9.82. The van der Waals surface area contributed by atoms with E-state index in [2.05, 4.69) is 15.4 Å². The van der Waals surface area contributed by atoms with Gasteiger partial charge in [0.25, 0.3) is 0 Å². The monoisotopic (exact) mass is 299 g/mol. The van der Waals surface area contributed by atoms with Gasteiger partial charge in [0, 0.05) is 30.7 Å². The molecule has 3 rings (SSSR count). The predicted molar refractivity (Wildman–Crippen MR) is 83.2 cm³/mol. The maximum atomic E-state index is 12.4. The Kier molecular flexibility index (Phi) is 4.20. The van der Waals surface area contributed by atoms with Crippen LogP contribution >= 0.6 is 0 Å². The third-order valence-electron chi connectivity index (χ3n) is 4.23. The topological polar surface area (TPSA) is 85.8 Å². The molecule has 0 atom stereocenters. The Hall–Kier alpha value is -2.21. The van der Waals surface area contributed by atoms with Gasteiger partial charge in [0.15, 0.2) is 5.82 Å². The molecule has 1 aliphatic carbocycles. The van der Waals surface area contributed by atoms with Crippen LogP contribution < -0.4 is 11.1 Å². The van der Waals surface area contributed by atoms with Gasteiger partial charge in [-0.25, -0.2) is 9.67 Å². The number of pyridine rings is 1. The van der Waals surface area contributed by atoms with Gasteiger partial charge in [0.1, 0.15) is 0 Å². The summed E-state index contributed by atoms with van der Waals surface area (Å²) < 4.78 is 1.69. The van der Waals surface area contributed by atoms with Crippen LogP contribution in [0.25, 0.3) is 5.82 Å². The number of aromatic nitrogens is 3. The summed E-state index contributed by atoms with van der Waals surface area (Å²) in [4.78, 5) is 16.8. The van der Waals surface area contributed by atoms with Crippen molar-refractivity contribution in [3.05, 3.63) is 42.4 Å². The number of hydrogen-bond donors (Lipinski definition) is 2. The van der Waals surface area contributed by atoms with E-state index in [0.717, 1.165) is 43.5 Å². The molecular formula is C16H21N5O. The average molecular weight is 299 g/mol. The lowest BCUT2D eigenvalue weighted by Crippen LogP contribution is -2.54. The third kappa shape index (κ3) is 3.01. The normalized spacial score (nSPS) is 17.1. The molecule has 116 valence electrons. The minimum atomic E-state index is -0.716. The van der Waals surface area contributed by atoms with E-state index in [1.165, 1.54) is 0 Å². The van der Waals surface area contributed by atoms with Crippen LogP contribution in [0, 0.1) is 0 Å². The van der Waals surface area contributed by atoms with Crippen LogP contribution in [0.15, 0.2) is 36.8 Å². The Labute approximate surface area is 129 Å². The molecule has 2 aromatic rings. The molecule has 2 heterocycles. The number of nitrogens with zero attached hydrogens (tertiary/aromatic N) is 3. The van der Waals surface area contributed by atoms with E-state index < -0.39 is 5.54 Å². The van der Waals surface area contributed by atoms with Crippen molar-refractivity contribution in [3.63, 3.8) is 0 Å². The van der Waals surface area contributed by atoms with E-state index >= 15 is 0 Å². The number of carbonyl (C=O) groups is 1. The lowest BCUT2D eigenvalue weighted by Gasteiger charge is -2.31. The van der Waals surface area contributed by atoms with Gasteiger partial charge in [-0.1, -0.05) is 25.3 Å². The van der Waals surface area contributed by atoms with E-state index in [0.29, 0.717) is 6.54 Å². The zero-order valence-corrected chi connectivity index (χ0v) is 12.5. The predicted octanol–water partition coefficient (Wildman–Crippen LogP) is 1.55. The van der Waals surface area contributed by atoms with Crippen LogP contribution in [-0.2, 0) is 11.3 Å². The molecule has 3 N–H and O–H groups in total. The van der Waals surface area contributed by atoms with Crippen LogP contribution in [0.1, 0.15) is 37.7 Å². The first-order chi connectivity index (χ1) is 10.7. The highest BCUT2D eigenvalue weighted by molar-refractivity contribution is 5.86. The molecule has 0 aliphatic heterocycles. The standard InChI is InChI=1S/C16H21N5O/c17-16(7-2-1-3-8-16)15(22)19-12-13-6-4-9-18-14(13)21-11-5-10-20-21/h4-6,9-11H,1-3,7-8,12,17H2,(H,19,22). The molecule has 22 heavy (non-hydrogen) atoms. The number of carbonyl (C=O) groups excluding carboxylic acids is 1. The van der Waals surface area contributed by atoms with Crippen LogP contribution in [-0.4, -0.2) is 26.2 Å². The molecule has 2 aromatic heterocycles. The van der Waals surface area contributed by atoms with E-state index in [-0.39, 0.29) is 5.91 Å². The quantitative estimate of drug-likeness (QED) is 0.897. The summed E-state index contributed by atoms with van der Waals surface area (Å²) in [7, 11) is 0. The average Bonchev–Trinajstić information content (AvgIpc) is 3.08. The SMILES string of the molecule is NC1(C(=O)NCc2cccnc2-n2cccn2)CCCCC1. The number of rotatable bonds is 4. The highest BCUT2D eigenvalue weighted by atomic mass is 16.2. The van der Waals surface area contributed by atoms with E-state index in [1.54, 1.807) is 17.1 Å². The van der Waals surface area contributed by atoms with Crippen molar-refractivity contribution in [2.45, 2.75) is 44.2 Å². The van der Waals surface area contributed by atoms with Crippen molar-refractivity contribution in [1.29, 1.82) is 0 Å². The fraction of sp³-hybridized carbons (Fsp3) is 0.438. The first-order valence-electron chi connectivity index (χ1n) is 7.70. The minimum Gasteiger partial charge on any atom is -0.350 e. The fourth-order valence-electron chi connectivity index (χ4n) is 2.93. The number of nitrogens with one attached hydrogen (secondary N) is 1. The van der Waals surface area contributed by atoms with Crippen LogP contribution in [0.4, 0.5) is 0 Å². The number of hydrogen-bond acceptors (Lipinski definition) is 4. The number of amides is 1. The van der Waals surface area contributed by atoms with E-state index in [9.17, 15) is 4.79 Å². The van der Waals surface area contributed by atoms with Gasteiger partial charge in [-0.15, -0.1) is 0 Å². The summed E-state index contributed by atoms with van der Waals surface area (Å²) in [6.45, 7) is 0.404. The molecule has 0 aromatic carbocycles. The molecule has 1 saturated carbocycles. The summed E-state index contributed by atoms with van der Waals surface area (Å²) in [6, 6.07) is 5.63. The van der Waals surface area contributed by atoms with Crippen molar-refractivity contribution in [2.75, 3.05) is 0 Å². The molecular weight excluding hydrogens is 278 g/mol. The third-order valence-corrected chi connectivity index (χ3v) is 4.23. The Morgan fingerprint density at radius 3 is 2.82 bits per heavy atom. The maximum Gasteiger partial charge on any atom is 0.240 e. The minimum absolute atomic E-state index is 0.0672. The Morgan fingerprint density at radius 2 is 2.09 bits per heavy atom. The van der Waals surface area contributed by atoms with Gasteiger partial charge >= 0.3 is 0 Å². The van der Waals surface area contributed by atoms with Crippen molar-refractivity contribution < 1.29 is 4.79 Å². The lowest BCUT2D eigenvalue weighted by molar-refractivity contribution is -0.127. The van der Waals surface area contributed by atoms with Crippen LogP contribution in [0.5, 0.6) is 0 Å². The molecule has 0 radical (unpaired) electrons. The van der Waals surface area contributed by atoms with Crippen molar-refractivity contribution >= 4 is 5.91 Å².